The summed E-state index contributed by atoms with van der Waals surface area (Å²) in [7, 11) is 0. The summed E-state index contributed by atoms with van der Waals surface area (Å²) in [5.41, 5.74) is 1.27. The Hall–Kier alpha value is -2.12. The van der Waals surface area contributed by atoms with Crippen molar-refractivity contribution in [1.29, 1.82) is 0 Å². The van der Waals surface area contributed by atoms with Crippen molar-refractivity contribution in [3.05, 3.63) is 35.5 Å². The van der Waals surface area contributed by atoms with Gasteiger partial charge in [-0.1, -0.05) is 18.1 Å². The van der Waals surface area contributed by atoms with Crippen molar-refractivity contribution in [3.8, 4) is 11.5 Å². The monoisotopic (exact) mass is 344 g/mol. The number of benzene rings is 1. The largest absolute Gasteiger partial charge is 0.486 e. The number of hydrogen-bond donors (Lipinski definition) is 0. The van der Waals surface area contributed by atoms with Crippen molar-refractivity contribution in [2.75, 3.05) is 39.4 Å². The molecule has 3 heterocycles. The lowest BCUT2D eigenvalue weighted by Crippen LogP contribution is -2.45. The van der Waals surface area contributed by atoms with E-state index in [9.17, 15) is 0 Å². The lowest BCUT2D eigenvalue weighted by atomic mass is 10.1. The number of hydrogen-bond acceptors (Lipinski definition) is 7. The smallest absolute Gasteiger partial charge is 0.240 e. The van der Waals surface area contributed by atoms with Crippen LogP contribution in [0.4, 0.5) is 0 Å². The summed E-state index contributed by atoms with van der Waals surface area (Å²) in [4.78, 5) is 9.23. The Morgan fingerprint density at radius 1 is 0.960 bits per heavy atom. The Kier molecular flexibility index (Phi) is 4.85. The molecule has 0 amide bonds. The molecule has 2 aromatic rings. The van der Waals surface area contributed by atoms with Crippen molar-refractivity contribution in [1.82, 2.24) is 19.9 Å². The van der Waals surface area contributed by atoms with Crippen molar-refractivity contribution >= 4 is 0 Å². The lowest BCUT2D eigenvalue weighted by Gasteiger charge is -2.34. The number of piperazine rings is 1. The molecule has 134 valence electrons. The third kappa shape index (κ3) is 3.93. The fraction of sp³-hybridized carbons (Fsp3) is 0.556. The standard InChI is InChI=1S/C18H24N4O3/c1-2-17-19-18(25-20-17)13-22-7-5-21(6-8-22)12-14-3-4-15-16(11-14)24-10-9-23-15/h3-4,11H,2,5-10,12-13H2,1H3. The normalized spacial score (nSPS) is 18.4. The third-order valence-electron chi connectivity index (χ3n) is 4.66. The second-order valence-corrected chi connectivity index (χ2v) is 6.49. The predicted molar refractivity (Wildman–Crippen MR) is 91.7 cm³/mol. The zero-order valence-electron chi connectivity index (χ0n) is 14.6. The highest BCUT2D eigenvalue weighted by atomic mass is 16.6. The van der Waals surface area contributed by atoms with Crippen LogP contribution in [0.1, 0.15) is 24.2 Å². The van der Waals surface area contributed by atoms with E-state index in [4.69, 9.17) is 14.0 Å². The first kappa shape index (κ1) is 16.4. The van der Waals surface area contributed by atoms with E-state index in [2.05, 4.69) is 32.1 Å². The van der Waals surface area contributed by atoms with Crippen molar-refractivity contribution < 1.29 is 14.0 Å². The van der Waals surface area contributed by atoms with Crippen LogP contribution in [0.3, 0.4) is 0 Å². The van der Waals surface area contributed by atoms with Gasteiger partial charge in [-0.3, -0.25) is 9.80 Å². The van der Waals surface area contributed by atoms with Crippen LogP contribution in [0, 0.1) is 0 Å². The molecule has 25 heavy (non-hydrogen) atoms. The molecule has 7 nitrogen and oxygen atoms in total. The number of aryl methyl sites for hydroxylation is 1. The molecule has 0 spiro atoms. The van der Waals surface area contributed by atoms with Crippen LogP contribution >= 0.6 is 0 Å². The molecule has 0 atom stereocenters. The topological polar surface area (TPSA) is 63.9 Å². The molecule has 2 aliphatic heterocycles. The van der Waals surface area contributed by atoms with Gasteiger partial charge in [0.25, 0.3) is 0 Å². The Labute approximate surface area is 147 Å². The third-order valence-corrected chi connectivity index (χ3v) is 4.66. The first-order valence-corrected chi connectivity index (χ1v) is 8.95. The molecule has 0 aliphatic carbocycles. The van der Waals surface area contributed by atoms with Gasteiger partial charge in [0.15, 0.2) is 17.3 Å². The van der Waals surface area contributed by atoms with Gasteiger partial charge >= 0.3 is 0 Å². The van der Waals surface area contributed by atoms with E-state index in [1.807, 2.05) is 13.0 Å². The molecule has 0 bridgehead atoms. The van der Waals surface area contributed by atoms with Gasteiger partial charge in [0.1, 0.15) is 13.2 Å². The maximum absolute atomic E-state index is 5.67. The first-order valence-electron chi connectivity index (χ1n) is 8.95. The molecule has 4 rings (SSSR count). The number of ether oxygens (including phenoxy) is 2. The average molecular weight is 344 g/mol. The molecular weight excluding hydrogens is 320 g/mol. The Balaban J connectivity index is 1.28. The van der Waals surface area contributed by atoms with Crippen LogP contribution in [0.2, 0.25) is 0 Å². The molecule has 0 N–H and O–H groups in total. The van der Waals surface area contributed by atoms with Crippen LogP contribution in [0.15, 0.2) is 22.7 Å². The zero-order valence-corrected chi connectivity index (χ0v) is 14.6. The van der Waals surface area contributed by atoms with Crippen LogP contribution < -0.4 is 9.47 Å². The van der Waals surface area contributed by atoms with Gasteiger partial charge in [-0.25, -0.2) is 0 Å². The molecule has 2 aliphatic rings. The summed E-state index contributed by atoms with van der Waals surface area (Å²) in [6.45, 7) is 9.05. The SMILES string of the molecule is CCc1noc(CN2CCN(Cc3ccc4c(c3)OCCO4)CC2)n1. The molecule has 1 saturated heterocycles. The van der Waals surface area contributed by atoms with Crippen molar-refractivity contribution in [2.24, 2.45) is 0 Å². The van der Waals surface area contributed by atoms with Crippen LogP contribution in [-0.2, 0) is 19.5 Å². The van der Waals surface area contributed by atoms with Crippen molar-refractivity contribution in [2.45, 2.75) is 26.4 Å². The minimum atomic E-state index is 0.630. The summed E-state index contributed by atoms with van der Waals surface area (Å²) >= 11 is 0. The molecule has 1 fully saturated rings. The number of nitrogens with zero attached hydrogens (tertiary/aromatic N) is 4. The highest BCUT2D eigenvalue weighted by Crippen LogP contribution is 2.31. The molecule has 1 aromatic carbocycles. The Bertz CT molecular complexity index is 710. The van der Waals surface area contributed by atoms with E-state index in [0.717, 1.165) is 68.9 Å². The molecule has 0 unspecified atom stereocenters. The fourth-order valence-electron chi connectivity index (χ4n) is 3.24. The van der Waals surface area contributed by atoms with Gasteiger partial charge in [-0.15, -0.1) is 0 Å². The van der Waals surface area contributed by atoms with E-state index in [1.165, 1.54) is 5.56 Å². The van der Waals surface area contributed by atoms with Crippen LogP contribution in [0.5, 0.6) is 11.5 Å². The maximum Gasteiger partial charge on any atom is 0.240 e. The lowest BCUT2D eigenvalue weighted by molar-refractivity contribution is 0.112. The van der Waals surface area contributed by atoms with Gasteiger partial charge in [-0.05, 0) is 17.7 Å². The van der Waals surface area contributed by atoms with Crippen LogP contribution in [-0.4, -0.2) is 59.3 Å². The summed E-state index contributed by atoms with van der Waals surface area (Å²) in [6.07, 6.45) is 0.812. The van der Waals surface area contributed by atoms with E-state index in [-0.39, 0.29) is 0 Å². The minimum Gasteiger partial charge on any atom is -0.486 e. The summed E-state index contributed by atoms with van der Waals surface area (Å²) < 4.78 is 16.5. The van der Waals surface area contributed by atoms with Gasteiger partial charge in [0.05, 0.1) is 6.54 Å². The fourth-order valence-corrected chi connectivity index (χ4v) is 3.24. The quantitative estimate of drug-likeness (QED) is 0.818. The highest BCUT2D eigenvalue weighted by Gasteiger charge is 2.20. The van der Waals surface area contributed by atoms with E-state index < -0.39 is 0 Å². The van der Waals surface area contributed by atoms with Crippen LogP contribution in [0.25, 0.3) is 0 Å². The molecule has 1 aromatic heterocycles. The maximum atomic E-state index is 5.67. The first-order chi connectivity index (χ1) is 12.3. The Morgan fingerprint density at radius 2 is 1.68 bits per heavy atom. The van der Waals surface area contributed by atoms with Gasteiger partial charge in [-0.2, -0.15) is 4.98 Å². The highest BCUT2D eigenvalue weighted by molar-refractivity contribution is 5.43. The summed E-state index contributed by atoms with van der Waals surface area (Å²) in [5, 5.41) is 3.96. The molecular formula is C18H24N4O3. The van der Waals surface area contributed by atoms with Gasteiger partial charge in [0, 0.05) is 39.1 Å². The predicted octanol–water partition coefficient (Wildman–Crippen LogP) is 1.72. The van der Waals surface area contributed by atoms with E-state index in [0.29, 0.717) is 13.2 Å². The van der Waals surface area contributed by atoms with Crippen molar-refractivity contribution in [3.63, 3.8) is 0 Å². The molecule has 7 heteroatoms. The van der Waals surface area contributed by atoms with Gasteiger partial charge in [0.2, 0.25) is 5.89 Å². The number of rotatable bonds is 5. The molecule has 0 radical (unpaired) electrons. The summed E-state index contributed by atoms with van der Waals surface area (Å²) in [5.74, 6) is 3.22. The van der Waals surface area contributed by atoms with Gasteiger partial charge < -0.3 is 14.0 Å². The zero-order chi connectivity index (χ0) is 17.1. The number of aromatic nitrogens is 2. The minimum absolute atomic E-state index is 0.630. The average Bonchev–Trinajstić information content (AvgIpc) is 3.11. The number of fused-ring (bicyclic) bond motifs is 1. The Morgan fingerprint density at radius 3 is 2.40 bits per heavy atom. The van der Waals surface area contributed by atoms with E-state index in [1.54, 1.807) is 0 Å². The van der Waals surface area contributed by atoms with E-state index >= 15 is 0 Å². The summed E-state index contributed by atoms with van der Waals surface area (Å²) in [6, 6.07) is 6.25. The second-order valence-electron chi connectivity index (χ2n) is 6.49. The molecule has 0 saturated carbocycles. The second kappa shape index (κ2) is 7.41.